The van der Waals surface area contributed by atoms with Crippen molar-refractivity contribution in [3.8, 4) is 0 Å². The third-order valence-corrected chi connectivity index (χ3v) is 16.4. The number of rotatable bonds is 23. The molecule has 2 saturated heterocycles. The van der Waals surface area contributed by atoms with E-state index in [1.165, 1.54) is 78.6 Å². The molecular formula is C71H82B4Br4N4O11+2. The van der Waals surface area contributed by atoms with Crippen molar-refractivity contribution >= 4 is 133 Å². The van der Waals surface area contributed by atoms with Gasteiger partial charge in [-0.3, -0.25) is 4.98 Å². The van der Waals surface area contributed by atoms with Gasteiger partial charge in [0.25, 0.3) is 0 Å². The Labute approximate surface area is 588 Å². The zero-order chi connectivity index (χ0) is 65.6. The van der Waals surface area contributed by atoms with E-state index in [4.69, 9.17) is 42.5 Å². The molecule has 10 aromatic rings. The fourth-order valence-electron chi connectivity index (χ4n) is 11.6. The van der Waals surface area contributed by atoms with Gasteiger partial charge in [0, 0.05) is 159 Å². The Morgan fingerprint density at radius 3 is 1.61 bits per heavy atom. The summed E-state index contributed by atoms with van der Waals surface area (Å²) in [6, 6.07) is 56.0. The summed E-state index contributed by atoms with van der Waals surface area (Å²) in [6.45, 7) is 8.94. The van der Waals surface area contributed by atoms with Gasteiger partial charge in [-0.25, -0.2) is 0 Å². The Morgan fingerprint density at radius 1 is 0.553 bits per heavy atom. The number of hydrogen-bond acceptors (Lipinski definition) is 12. The molecule has 6 aromatic carbocycles. The minimum absolute atomic E-state index is 0. The SMILES string of the molecule is BrBr.COB(OC)c1cccc(C[n+]2cccc3c4ccc[n+](Cc5cc(CCCCCO)cc(B6OCCCO6)c5)c4ccc32)c1.COB=O.Cc1cccc(C[n+]2cccc3c4cccnc4ccc32)c1.OCCCOCc1cc(CBr)cc(B2OCCCO2)c1.[Br-]. The average Bonchev–Trinajstić information content (AvgIpc) is 0.781. The van der Waals surface area contributed by atoms with E-state index in [2.05, 4.69) is 239 Å². The van der Waals surface area contributed by atoms with Crippen LogP contribution in [0.2, 0.25) is 0 Å². The van der Waals surface area contributed by atoms with E-state index in [-0.39, 0.29) is 51.6 Å². The third kappa shape index (κ3) is 22.2. The van der Waals surface area contributed by atoms with Gasteiger partial charge in [-0.1, -0.05) is 107 Å². The number of halogens is 4. The number of aliphatic hydroxyl groups is 2. The molecule has 23 heteroatoms. The summed E-state index contributed by atoms with van der Waals surface area (Å²) in [5.74, 6) is 0. The van der Waals surface area contributed by atoms with Gasteiger partial charge in [0.15, 0.2) is 38.2 Å². The Bertz CT molecular complexity index is 3950. The van der Waals surface area contributed by atoms with Crippen molar-refractivity contribution < 1.29 is 82.9 Å². The number of benzene rings is 6. The zero-order valence-electron chi connectivity index (χ0n) is 53.9. The van der Waals surface area contributed by atoms with Crippen molar-refractivity contribution in [1.82, 2.24) is 4.98 Å². The maximum absolute atomic E-state index is 9.22. The van der Waals surface area contributed by atoms with E-state index in [1.54, 1.807) is 14.2 Å². The van der Waals surface area contributed by atoms with Crippen LogP contribution in [0.4, 0.5) is 0 Å². The van der Waals surface area contributed by atoms with Gasteiger partial charge < -0.3 is 59.9 Å². The molecule has 2 fully saturated rings. The first-order chi connectivity index (χ1) is 45.7. The van der Waals surface area contributed by atoms with Crippen LogP contribution in [0.15, 0.2) is 183 Å². The molecule has 0 saturated carbocycles. The average molecular weight is 1530 g/mol. The van der Waals surface area contributed by atoms with Crippen LogP contribution in [0.3, 0.4) is 0 Å². The molecule has 0 aliphatic carbocycles. The van der Waals surface area contributed by atoms with E-state index in [0.29, 0.717) is 27.0 Å². The number of aromatic nitrogens is 4. The van der Waals surface area contributed by atoms with Gasteiger partial charge in [-0.15, -0.1) is 0 Å². The predicted molar refractivity (Wildman–Crippen MR) is 382 cm³/mol. The number of ether oxygens (including phenoxy) is 1. The first-order valence-corrected chi connectivity index (χ1v) is 36.3. The molecule has 4 aromatic heterocycles. The largest absolute Gasteiger partial charge is 1.00 e. The van der Waals surface area contributed by atoms with Gasteiger partial charge in [0.2, 0.25) is 16.6 Å². The summed E-state index contributed by atoms with van der Waals surface area (Å²) in [5, 5.41) is 23.6. The second-order valence-electron chi connectivity index (χ2n) is 22.6. The number of alkyl halides is 1. The summed E-state index contributed by atoms with van der Waals surface area (Å²) < 4.78 is 59.5. The topological polar surface area (TPSA) is 156 Å². The molecule has 2 N–H and O–H groups in total. The molecule has 490 valence electrons. The van der Waals surface area contributed by atoms with Gasteiger partial charge in [-0.05, 0) is 121 Å². The molecule has 0 atom stereocenters. The summed E-state index contributed by atoms with van der Waals surface area (Å²) in [4.78, 5) is 4.45. The maximum atomic E-state index is 9.22. The number of aliphatic hydroxyl groups excluding tert-OH is 2. The van der Waals surface area contributed by atoms with Crippen LogP contribution in [0.5, 0.6) is 0 Å². The zero-order valence-corrected chi connectivity index (χ0v) is 60.3. The quantitative estimate of drug-likeness (QED) is 0.0215. The van der Waals surface area contributed by atoms with E-state index in [1.807, 2.05) is 18.3 Å². The number of fused-ring (bicyclic) bond motifs is 6. The molecule has 0 unspecified atom stereocenters. The maximum Gasteiger partial charge on any atom is 0.493 e. The van der Waals surface area contributed by atoms with Crippen LogP contribution in [0.25, 0.3) is 43.6 Å². The standard InChI is InChI=1S/C36H42B2N2O5.C20H17N2.C14H20BBrO4.CH3BO2.Br2.BrH/c1-42-37(43-2)31-12-6-11-29(24-31)26-39-17-7-13-33-34-14-8-18-40(36(34)16-15-35(33)39)27-30-22-28(10-4-3-5-19-41)23-32(25-30)38-44-20-9-21-45-38;1-15-5-2-6-16(13-15)14-22-12-4-8-18-17-7-3-11-21-19(17)9-10-20(18)22;16-10-12-7-13(11-18-4-1-3-17)9-14(8-12)15-19-5-2-6-20-15;1-4-2-3;1-2;/h6-8,11-18,22-25,41H,3-5,9-10,19-21,26-27H2,1-2H3;2-13H,14H2,1H3;7-9,17H,1-6,10-11H2;1H3;;1H/q+2;+1;;;;/p-1. The summed E-state index contributed by atoms with van der Waals surface area (Å²) >= 11 is 8.99. The summed E-state index contributed by atoms with van der Waals surface area (Å²) in [7, 11) is 4.04. The van der Waals surface area contributed by atoms with Crippen LogP contribution >= 0.6 is 44.2 Å². The number of unbranched alkanes of at least 4 members (excludes halogenated alkanes) is 2. The van der Waals surface area contributed by atoms with Crippen LogP contribution in [0.1, 0.15) is 77.5 Å². The van der Waals surface area contributed by atoms with Gasteiger partial charge in [0.05, 0.1) is 28.3 Å². The Hall–Kier alpha value is -5.62. The Morgan fingerprint density at radius 2 is 1.05 bits per heavy atom. The molecule has 0 spiro atoms. The third-order valence-electron chi connectivity index (χ3n) is 15.8. The van der Waals surface area contributed by atoms with E-state index in [9.17, 15) is 5.11 Å². The predicted octanol–water partition coefficient (Wildman–Crippen LogP) is 7.43. The summed E-state index contributed by atoms with van der Waals surface area (Å²) in [6.07, 6.45) is 14.7. The van der Waals surface area contributed by atoms with Gasteiger partial charge in [0.1, 0.15) is 0 Å². The molecule has 2 aliphatic heterocycles. The van der Waals surface area contributed by atoms with Gasteiger partial charge in [-0.2, -0.15) is 13.7 Å². The Balaban J connectivity index is 0.000000212. The number of hydrogen-bond donors (Lipinski definition) is 2. The van der Waals surface area contributed by atoms with Crippen molar-refractivity contribution in [1.29, 1.82) is 0 Å². The molecule has 2 aliphatic rings. The van der Waals surface area contributed by atoms with Crippen molar-refractivity contribution in [2.75, 3.05) is 67.6 Å². The smallest absolute Gasteiger partial charge is 0.493 e. The van der Waals surface area contributed by atoms with Crippen LogP contribution in [-0.2, 0) is 80.0 Å². The van der Waals surface area contributed by atoms with Crippen molar-refractivity contribution in [3.63, 3.8) is 0 Å². The minimum Gasteiger partial charge on any atom is -1.00 e. The fourth-order valence-corrected chi connectivity index (χ4v) is 12.0. The Kier molecular flexibility index (Phi) is 33.4. The molecule has 12 rings (SSSR count). The summed E-state index contributed by atoms with van der Waals surface area (Å²) in [5.41, 5.74) is 16.4. The number of pyridine rings is 4. The van der Waals surface area contributed by atoms with Crippen LogP contribution in [-0.4, -0.2) is 111 Å². The van der Waals surface area contributed by atoms with Crippen molar-refractivity contribution in [2.24, 2.45) is 0 Å². The molecule has 0 bridgehead atoms. The van der Waals surface area contributed by atoms with Crippen molar-refractivity contribution in [3.05, 3.63) is 221 Å². The first kappa shape index (κ1) is 75.8. The second kappa shape index (κ2) is 41.5. The molecule has 0 amide bonds. The molecular weight excluding hydrogens is 1450 g/mol. The number of aryl methyl sites for hydroxylation is 2. The van der Waals surface area contributed by atoms with Crippen molar-refractivity contribution in [2.45, 2.75) is 83.4 Å². The van der Waals surface area contributed by atoms with Crippen LogP contribution in [0, 0.1) is 6.92 Å². The second-order valence-corrected chi connectivity index (χ2v) is 23.2. The van der Waals surface area contributed by atoms with Crippen LogP contribution < -0.4 is 47.1 Å². The van der Waals surface area contributed by atoms with Gasteiger partial charge >= 0.3 is 45.2 Å². The fraction of sp³-hybridized carbons (Fsp3) is 0.324. The molecule has 15 nitrogen and oxygen atoms in total. The minimum atomic E-state index is -0.382. The molecule has 0 radical (unpaired) electrons. The normalized spacial score (nSPS) is 12.6. The van der Waals surface area contributed by atoms with E-state index in [0.717, 1.165) is 117 Å². The van der Waals surface area contributed by atoms with E-state index >= 15 is 0 Å². The van der Waals surface area contributed by atoms with E-state index < -0.39 is 0 Å². The number of nitrogens with zero attached hydrogens (tertiary/aromatic N) is 4. The molecule has 94 heavy (non-hydrogen) atoms. The first-order valence-electron chi connectivity index (χ1n) is 31.5. The molecule has 6 heterocycles. The monoisotopic (exact) mass is 1530 g/mol.